The maximum Gasteiger partial charge on any atom is 0.264 e. The van der Waals surface area contributed by atoms with Gasteiger partial charge in [0.1, 0.15) is 24.2 Å². The van der Waals surface area contributed by atoms with E-state index in [4.69, 9.17) is 4.74 Å². The molecule has 0 aliphatic carbocycles. The molecule has 1 atom stereocenters. The maximum absolute atomic E-state index is 14.5. The molecule has 0 radical (unpaired) electrons. The number of benzene rings is 4. The number of ether oxygens (including phenoxy) is 1. The van der Waals surface area contributed by atoms with Crippen molar-refractivity contribution >= 4 is 27.5 Å². The normalized spacial score (nSPS) is 11.8. The number of halogens is 1. The molecule has 8 nitrogen and oxygen atoms in total. The van der Waals surface area contributed by atoms with Crippen molar-refractivity contribution in [1.29, 1.82) is 0 Å². The first kappa shape index (κ1) is 35.2. The molecule has 1 N–H and O–H groups in total. The average Bonchev–Trinajstić information content (AvgIpc) is 3.07. The van der Waals surface area contributed by atoms with Crippen LogP contribution in [0.4, 0.5) is 10.1 Å². The van der Waals surface area contributed by atoms with E-state index in [1.807, 2.05) is 75.4 Å². The van der Waals surface area contributed by atoms with Gasteiger partial charge in [0.25, 0.3) is 10.0 Å². The molecule has 0 spiro atoms. The molecule has 0 saturated heterocycles. The summed E-state index contributed by atoms with van der Waals surface area (Å²) in [4.78, 5) is 29.7. The molecule has 2 amide bonds. The lowest BCUT2D eigenvalue weighted by Gasteiger charge is -2.34. The minimum absolute atomic E-state index is 0.0676. The van der Waals surface area contributed by atoms with Crippen molar-refractivity contribution in [1.82, 2.24) is 10.2 Å². The van der Waals surface area contributed by atoms with E-state index in [2.05, 4.69) is 5.32 Å². The van der Waals surface area contributed by atoms with Gasteiger partial charge in [-0.05, 0) is 79.9 Å². The second kappa shape index (κ2) is 16.7. The van der Waals surface area contributed by atoms with Crippen LogP contribution < -0.4 is 14.4 Å². The van der Waals surface area contributed by atoms with Crippen LogP contribution in [0.2, 0.25) is 0 Å². The molecule has 0 saturated carbocycles. The van der Waals surface area contributed by atoms with Gasteiger partial charge >= 0.3 is 0 Å². The zero-order chi connectivity index (χ0) is 33.8. The highest BCUT2D eigenvalue weighted by Gasteiger charge is 2.34. The van der Waals surface area contributed by atoms with Crippen molar-refractivity contribution in [2.24, 2.45) is 0 Å². The van der Waals surface area contributed by atoms with Crippen LogP contribution >= 0.6 is 0 Å². The summed E-state index contributed by atoms with van der Waals surface area (Å²) in [5.74, 6) is -0.967. The Morgan fingerprint density at radius 3 is 2.13 bits per heavy atom. The summed E-state index contributed by atoms with van der Waals surface area (Å²) >= 11 is 0. The number of anilines is 1. The van der Waals surface area contributed by atoms with E-state index in [0.717, 1.165) is 46.0 Å². The maximum atomic E-state index is 14.5. The molecule has 0 unspecified atom stereocenters. The molecule has 0 bridgehead atoms. The van der Waals surface area contributed by atoms with Gasteiger partial charge in [-0.25, -0.2) is 12.8 Å². The smallest absolute Gasteiger partial charge is 0.264 e. The standard InChI is InChI=1S/C37H42FN3O5S/c1-4-6-24-39-37(43)35(25-29-10-8-7-9-11-29)40(26-30-14-12-28(3)13-15-30)36(42)27-41(32-18-16-31(38)17-19-32)47(44,45)34-22-20-33(21-23-34)46-5-2/h7-23,35H,4-6,24-27H2,1-3H3,(H,39,43)/t35-/m1/s1. The van der Waals surface area contributed by atoms with E-state index >= 15 is 0 Å². The third-order valence-corrected chi connectivity index (χ3v) is 9.48. The van der Waals surface area contributed by atoms with Crippen molar-refractivity contribution < 1.29 is 27.1 Å². The Morgan fingerprint density at radius 1 is 0.851 bits per heavy atom. The monoisotopic (exact) mass is 659 g/mol. The lowest BCUT2D eigenvalue weighted by Crippen LogP contribution is -2.53. The molecule has 0 aromatic heterocycles. The topological polar surface area (TPSA) is 96.0 Å². The van der Waals surface area contributed by atoms with E-state index in [9.17, 15) is 22.4 Å². The number of nitrogens with one attached hydrogen (secondary N) is 1. The van der Waals surface area contributed by atoms with Crippen molar-refractivity contribution in [2.75, 3.05) is 24.0 Å². The Morgan fingerprint density at radius 2 is 1.51 bits per heavy atom. The fraction of sp³-hybridized carbons (Fsp3) is 0.297. The predicted molar refractivity (Wildman–Crippen MR) is 182 cm³/mol. The molecule has 248 valence electrons. The Bertz CT molecular complexity index is 1700. The molecule has 4 rings (SSSR count). The summed E-state index contributed by atoms with van der Waals surface area (Å²) in [6.45, 7) is 6.10. The third-order valence-electron chi connectivity index (χ3n) is 7.69. The number of nitrogens with zero attached hydrogens (tertiary/aromatic N) is 2. The first-order chi connectivity index (χ1) is 22.6. The minimum atomic E-state index is -4.32. The zero-order valence-corrected chi connectivity index (χ0v) is 27.9. The number of unbranched alkanes of at least 4 members (excludes halogenated alkanes) is 1. The third kappa shape index (κ3) is 9.65. The van der Waals surface area contributed by atoms with E-state index in [-0.39, 0.29) is 29.5 Å². The molecule has 47 heavy (non-hydrogen) atoms. The van der Waals surface area contributed by atoms with Crippen LogP contribution in [-0.2, 0) is 32.6 Å². The first-order valence-electron chi connectivity index (χ1n) is 15.8. The number of carbonyl (C=O) groups excluding carboxylic acids is 2. The first-order valence-corrected chi connectivity index (χ1v) is 17.2. The van der Waals surface area contributed by atoms with Crippen LogP contribution in [0.1, 0.15) is 43.4 Å². The summed E-state index contributed by atoms with van der Waals surface area (Å²) < 4.78 is 48.7. The highest BCUT2D eigenvalue weighted by atomic mass is 32.2. The minimum Gasteiger partial charge on any atom is -0.494 e. The summed E-state index contributed by atoms with van der Waals surface area (Å²) in [5.41, 5.74) is 2.78. The number of hydrogen-bond donors (Lipinski definition) is 1. The van der Waals surface area contributed by atoms with Gasteiger partial charge < -0.3 is 15.0 Å². The highest BCUT2D eigenvalue weighted by Crippen LogP contribution is 2.27. The lowest BCUT2D eigenvalue weighted by atomic mass is 10.0. The van der Waals surface area contributed by atoms with E-state index < -0.39 is 34.3 Å². The van der Waals surface area contributed by atoms with E-state index in [1.54, 1.807) is 12.1 Å². The molecular weight excluding hydrogens is 617 g/mol. The van der Waals surface area contributed by atoms with Gasteiger partial charge in [0.2, 0.25) is 11.8 Å². The molecule has 4 aromatic rings. The number of rotatable bonds is 16. The predicted octanol–water partition coefficient (Wildman–Crippen LogP) is 6.28. The van der Waals surface area contributed by atoms with Crippen LogP contribution in [0.3, 0.4) is 0 Å². The fourth-order valence-electron chi connectivity index (χ4n) is 5.09. The van der Waals surface area contributed by atoms with Gasteiger partial charge in [0.15, 0.2) is 0 Å². The number of carbonyl (C=O) groups is 2. The summed E-state index contributed by atoms with van der Waals surface area (Å²) in [7, 11) is -4.32. The Kier molecular flexibility index (Phi) is 12.5. The molecule has 0 heterocycles. The molecule has 4 aromatic carbocycles. The van der Waals surface area contributed by atoms with E-state index in [1.165, 1.54) is 29.2 Å². The number of sulfonamides is 1. The number of hydrogen-bond acceptors (Lipinski definition) is 5. The molecule has 0 fully saturated rings. The van der Waals surface area contributed by atoms with Crippen molar-refractivity contribution in [3.05, 3.63) is 126 Å². The second-order valence-electron chi connectivity index (χ2n) is 11.2. The summed E-state index contributed by atoms with van der Waals surface area (Å²) in [6, 6.07) is 26.9. The molecule has 0 aliphatic rings. The average molecular weight is 660 g/mol. The zero-order valence-electron chi connectivity index (χ0n) is 27.1. The van der Waals surface area contributed by atoms with Crippen molar-refractivity contribution in [3.8, 4) is 5.75 Å². The highest BCUT2D eigenvalue weighted by molar-refractivity contribution is 7.92. The lowest BCUT2D eigenvalue weighted by molar-refractivity contribution is -0.140. The van der Waals surface area contributed by atoms with Gasteiger partial charge in [-0.1, -0.05) is 73.5 Å². The van der Waals surface area contributed by atoms with Crippen LogP contribution in [0.25, 0.3) is 0 Å². The van der Waals surface area contributed by atoms with Crippen LogP contribution in [0.5, 0.6) is 5.75 Å². The van der Waals surface area contributed by atoms with Gasteiger partial charge in [0.05, 0.1) is 17.2 Å². The van der Waals surface area contributed by atoms with Gasteiger partial charge in [-0.3, -0.25) is 13.9 Å². The van der Waals surface area contributed by atoms with Gasteiger partial charge in [0, 0.05) is 19.5 Å². The molecular formula is C37H42FN3O5S. The number of aryl methyl sites for hydroxylation is 1. The Hall–Kier alpha value is -4.70. The van der Waals surface area contributed by atoms with Crippen LogP contribution in [0.15, 0.2) is 108 Å². The number of amides is 2. The fourth-order valence-corrected chi connectivity index (χ4v) is 6.50. The van der Waals surface area contributed by atoms with Crippen LogP contribution in [-0.4, -0.2) is 50.9 Å². The van der Waals surface area contributed by atoms with Crippen molar-refractivity contribution in [3.63, 3.8) is 0 Å². The van der Waals surface area contributed by atoms with E-state index in [0.29, 0.717) is 18.9 Å². The molecule has 10 heteroatoms. The second-order valence-corrected chi connectivity index (χ2v) is 13.1. The van der Waals surface area contributed by atoms with Crippen molar-refractivity contribution in [2.45, 2.75) is 57.5 Å². The molecule has 0 aliphatic heterocycles. The van der Waals surface area contributed by atoms with Gasteiger partial charge in [-0.2, -0.15) is 0 Å². The van der Waals surface area contributed by atoms with Gasteiger partial charge in [-0.15, -0.1) is 0 Å². The summed E-state index contributed by atoms with van der Waals surface area (Å²) in [6.07, 6.45) is 1.87. The Balaban J connectivity index is 1.77. The quantitative estimate of drug-likeness (QED) is 0.143. The van der Waals surface area contributed by atoms with Crippen LogP contribution in [0, 0.1) is 12.7 Å². The Labute approximate surface area is 277 Å². The summed E-state index contributed by atoms with van der Waals surface area (Å²) in [5, 5.41) is 2.98. The largest absolute Gasteiger partial charge is 0.494 e. The SMILES string of the molecule is CCCCNC(=O)[C@@H](Cc1ccccc1)N(Cc1ccc(C)cc1)C(=O)CN(c1ccc(F)cc1)S(=O)(=O)c1ccc(OCC)cc1.